The standard InChI is InChI=1S/C30H29N3O3S/c34-30(29(23-10-3-1-4-11-23)24-12-5-2-6-13-24)32-26-16-18-27(19-17-26)37(35,36)33-21-8-7-15-28(33)25-14-9-20-31-22-25/h1-6,9-14,16-20,22,28-29H,7-8,15,21H2,(H,32,34). The van der Waals surface area contributed by atoms with Crippen LogP contribution in [0.5, 0.6) is 0 Å². The molecule has 6 nitrogen and oxygen atoms in total. The van der Waals surface area contributed by atoms with Crippen LogP contribution in [0.1, 0.15) is 47.9 Å². The lowest BCUT2D eigenvalue weighted by molar-refractivity contribution is -0.116. The highest BCUT2D eigenvalue weighted by Gasteiger charge is 2.34. The van der Waals surface area contributed by atoms with Crippen molar-refractivity contribution in [2.45, 2.75) is 36.1 Å². The molecule has 4 aromatic rings. The Kier molecular flexibility index (Phi) is 7.44. The smallest absolute Gasteiger partial charge is 0.243 e. The largest absolute Gasteiger partial charge is 0.325 e. The highest BCUT2D eigenvalue weighted by Crippen LogP contribution is 2.35. The number of carbonyl (C=O) groups excluding carboxylic acids is 1. The van der Waals surface area contributed by atoms with Gasteiger partial charge in [-0.1, -0.05) is 73.2 Å². The summed E-state index contributed by atoms with van der Waals surface area (Å²) in [5.74, 6) is -0.667. The zero-order valence-electron chi connectivity index (χ0n) is 20.4. The molecule has 0 aliphatic carbocycles. The molecular weight excluding hydrogens is 482 g/mol. The van der Waals surface area contributed by atoms with Gasteiger partial charge in [0, 0.05) is 24.6 Å². The second-order valence-corrected chi connectivity index (χ2v) is 11.1. The number of nitrogens with zero attached hydrogens (tertiary/aromatic N) is 2. The summed E-state index contributed by atoms with van der Waals surface area (Å²) in [5, 5.41) is 2.98. The van der Waals surface area contributed by atoms with Gasteiger partial charge in [-0.25, -0.2) is 8.42 Å². The Morgan fingerprint density at radius 2 is 1.49 bits per heavy atom. The lowest BCUT2D eigenvalue weighted by atomic mass is 9.90. The van der Waals surface area contributed by atoms with Gasteiger partial charge < -0.3 is 5.32 Å². The van der Waals surface area contributed by atoms with Crippen LogP contribution in [-0.2, 0) is 14.8 Å². The summed E-state index contributed by atoms with van der Waals surface area (Å²) >= 11 is 0. The van der Waals surface area contributed by atoms with Crippen molar-refractivity contribution in [2.24, 2.45) is 0 Å². The third-order valence-electron chi connectivity index (χ3n) is 6.78. The first-order valence-corrected chi connectivity index (χ1v) is 13.9. The van der Waals surface area contributed by atoms with E-state index in [0.717, 1.165) is 36.0 Å². The summed E-state index contributed by atoms with van der Waals surface area (Å²) in [4.78, 5) is 17.8. The van der Waals surface area contributed by atoms with Gasteiger partial charge in [0.15, 0.2) is 0 Å². The van der Waals surface area contributed by atoms with Crippen molar-refractivity contribution < 1.29 is 13.2 Å². The van der Waals surface area contributed by atoms with Crippen molar-refractivity contribution in [3.63, 3.8) is 0 Å². The first-order chi connectivity index (χ1) is 18.0. The number of carbonyl (C=O) groups is 1. The SMILES string of the molecule is O=C(Nc1ccc(S(=O)(=O)N2CCCCC2c2cccnc2)cc1)C(c1ccccc1)c1ccccc1. The number of hydrogen-bond acceptors (Lipinski definition) is 4. The maximum absolute atomic E-state index is 13.6. The van der Waals surface area contributed by atoms with E-state index >= 15 is 0 Å². The van der Waals surface area contributed by atoms with Gasteiger partial charge in [0.2, 0.25) is 15.9 Å². The first kappa shape index (κ1) is 24.9. The van der Waals surface area contributed by atoms with Crippen LogP contribution in [0, 0.1) is 0 Å². The fourth-order valence-electron chi connectivity index (χ4n) is 4.95. The highest BCUT2D eigenvalue weighted by molar-refractivity contribution is 7.89. The molecule has 1 fully saturated rings. The molecule has 1 N–H and O–H groups in total. The van der Waals surface area contributed by atoms with Crippen molar-refractivity contribution in [3.05, 3.63) is 126 Å². The topological polar surface area (TPSA) is 79.4 Å². The quantitative estimate of drug-likeness (QED) is 0.342. The molecule has 1 amide bonds. The van der Waals surface area contributed by atoms with E-state index in [-0.39, 0.29) is 16.8 Å². The molecule has 7 heteroatoms. The first-order valence-electron chi connectivity index (χ1n) is 12.5. The van der Waals surface area contributed by atoms with E-state index < -0.39 is 15.9 Å². The van der Waals surface area contributed by atoms with E-state index in [1.807, 2.05) is 72.8 Å². The van der Waals surface area contributed by atoms with Crippen LogP contribution in [0.3, 0.4) is 0 Å². The molecule has 1 saturated heterocycles. The summed E-state index contributed by atoms with van der Waals surface area (Å²) in [6.45, 7) is 0.468. The number of aromatic nitrogens is 1. The summed E-state index contributed by atoms with van der Waals surface area (Å²) in [6, 6.07) is 29.2. The van der Waals surface area contributed by atoms with Crippen LogP contribution in [0.2, 0.25) is 0 Å². The minimum atomic E-state index is -3.71. The molecular formula is C30H29N3O3S. The molecule has 0 radical (unpaired) electrons. The molecule has 2 heterocycles. The summed E-state index contributed by atoms with van der Waals surface area (Å²) in [6.07, 6.45) is 6.00. The van der Waals surface area contributed by atoms with E-state index in [9.17, 15) is 13.2 Å². The van der Waals surface area contributed by atoms with Gasteiger partial charge in [-0.05, 0) is 59.9 Å². The molecule has 1 unspecified atom stereocenters. The number of hydrogen-bond donors (Lipinski definition) is 1. The lowest BCUT2D eigenvalue weighted by Gasteiger charge is -2.34. The molecule has 0 saturated carbocycles. The Labute approximate surface area is 218 Å². The number of sulfonamides is 1. The Hall–Kier alpha value is -3.81. The van der Waals surface area contributed by atoms with Crippen LogP contribution in [0.15, 0.2) is 114 Å². The number of amides is 1. The van der Waals surface area contributed by atoms with E-state index in [4.69, 9.17) is 0 Å². The Morgan fingerprint density at radius 1 is 0.838 bits per heavy atom. The number of pyridine rings is 1. The minimum absolute atomic E-state index is 0.180. The molecule has 3 aromatic carbocycles. The molecule has 1 aromatic heterocycles. The van der Waals surface area contributed by atoms with Crippen LogP contribution in [-0.4, -0.2) is 30.2 Å². The second-order valence-electron chi connectivity index (χ2n) is 9.18. The van der Waals surface area contributed by atoms with Gasteiger partial charge in [0.1, 0.15) is 0 Å². The van der Waals surface area contributed by atoms with Gasteiger partial charge in [0.05, 0.1) is 16.9 Å². The van der Waals surface area contributed by atoms with Crippen molar-refractivity contribution in [1.82, 2.24) is 9.29 Å². The molecule has 0 spiro atoms. The molecule has 0 bridgehead atoms. The average molecular weight is 512 g/mol. The number of anilines is 1. The van der Waals surface area contributed by atoms with Crippen LogP contribution < -0.4 is 5.32 Å². The molecule has 5 rings (SSSR count). The lowest BCUT2D eigenvalue weighted by Crippen LogP contribution is -2.38. The summed E-state index contributed by atoms with van der Waals surface area (Å²) in [5.41, 5.74) is 3.22. The van der Waals surface area contributed by atoms with Crippen LogP contribution in [0.25, 0.3) is 0 Å². The van der Waals surface area contributed by atoms with Crippen molar-refractivity contribution in [3.8, 4) is 0 Å². The predicted octanol–water partition coefficient (Wildman–Crippen LogP) is 5.77. The molecule has 37 heavy (non-hydrogen) atoms. The second kappa shape index (κ2) is 11.1. The zero-order chi connectivity index (χ0) is 25.7. The molecule has 1 aliphatic heterocycles. The van der Waals surface area contributed by atoms with Crippen LogP contribution >= 0.6 is 0 Å². The van der Waals surface area contributed by atoms with Crippen molar-refractivity contribution in [1.29, 1.82) is 0 Å². The number of benzene rings is 3. The Morgan fingerprint density at radius 3 is 2.08 bits per heavy atom. The number of nitrogens with one attached hydrogen (secondary N) is 1. The molecule has 188 valence electrons. The summed E-state index contributed by atoms with van der Waals surface area (Å²) < 4.78 is 28.8. The van der Waals surface area contributed by atoms with Gasteiger partial charge in [-0.15, -0.1) is 0 Å². The maximum atomic E-state index is 13.6. The normalized spacial score (nSPS) is 16.4. The Bertz CT molecular complexity index is 1390. The van der Waals surface area contributed by atoms with Gasteiger partial charge in [-0.2, -0.15) is 4.31 Å². The van der Waals surface area contributed by atoms with Gasteiger partial charge in [0.25, 0.3) is 0 Å². The van der Waals surface area contributed by atoms with E-state index in [0.29, 0.717) is 12.2 Å². The van der Waals surface area contributed by atoms with E-state index in [2.05, 4.69) is 10.3 Å². The minimum Gasteiger partial charge on any atom is -0.325 e. The van der Waals surface area contributed by atoms with Crippen molar-refractivity contribution in [2.75, 3.05) is 11.9 Å². The zero-order valence-corrected chi connectivity index (χ0v) is 21.2. The average Bonchev–Trinajstić information content (AvgIpc) is 2.95. The van der Waals surface area contributed by atoms with Gasteiger partial charge in [-0.3, -0.25) is 9.78 Å². The Balaban J connectivity index is 1.37. The van der Waals surface area contributed by atoms with E-state index in [1.165, 1.54) is 0 Å². The molecule has 1 atom stereocenters. The molecule has 1 aliphatic rings. The maximum Gasteiger partial charge on any atom is 0.243 e. The number of rotatable bonds is 7. The fraction of sp³-hybridized carbons (Fsp3) is 0.200. The van der Waals surface area contributed by atoms with Crippen molar-refractivity contribution >= 4 is 21.6 Å². The number of piperidine rings is 1. The van der Waals surface area contributed by atoms with Crippen LogP contribution in [0.4, 0.5) is 5.69 Å². The van der Waals surface area contributed by atoms with Gasteiger partial charge >= 0.3 is 0 Å². The predicted molar refractivity (Wildman–Crippen MR) is 145 cm³/mol. The fourth-order valence-corrected chi connectivity index (χ4v) is 6.63. The summed E-state index contributed by atoms with van der Waals surface area (Å²) in [7, 11) is -3.71. The monoisotopic (exact) mass is 511 g/mol. The third-order valence-corrected chi connectivity index (χ3v) is 8.70. The van der Waals surface area contributed by atoms with E-state index in [1.54, 1.807) is 41.0 Å². The third kappa shape index (κ3) is 5.48. The highest BCUT2D eigenvalue weighted by atomic mass is 32.2.